The van der Waals surface area contributed by atoms with Crippen molar-refractivity contribution in [2.24, 2.45) is 5.73 Å². The fourth-order valence-electron chi connectivity index (χ4n) is 1.17. The van der Waals surface area contributed by atoms with Crippen molar-refractivity contribution in [1.82, 2.24) is 5.32 Å². The molecule has 0 aliphatic heterocycles. The van der Waals surface area contributed by atoms with Crippen molar-refractivity contribution < 1.29 is 0 Å². The molecule has 66 valence electrons. The van der Waals surface area contributed by atoms with Crippen LogP contribution in [-0.2, 0) is 0 Å². The maximum absolute atomic E-state index is 5.92. The molecule has 2 nitrogen and oxygen atoms in total. The summed E-state index contributed by atoms with van der Waals surface area (Å²) >= 11 is 0. The Kier molecular flexibility index (Phi) is 3.34. The third kappa shape index (κ3) is 3.73. The van der Waals surface area contributed by atoms with E-state index in [9.17, 15) is 0 Å². The first-order chi connectivity index (χ1) is 5.27. The van der Waals surface area contributed by atoms with Gasteiger partial charge in [-0.2, -0.15) is 0 Å². The Hall–Kier alpha value is -0.0800. The van der Waals surface area contributed by atoms with Crippen molar-refractivity contribution in [3.63, 3.8) is 0 Å². The Morgan fingerprint density at radius 1 is 1.36 bits per heavy atom. The van der Waals surface area contributed by atoms with Crippen LogP contribution in [0.15, 0.2) is 0 Å². The van der Waals surface area contributed by atoms with Crippen molar-refractivity contribution in [3.05, 3.63) is 0 Å². The second-order valence-corrected chi connectivity index (χ2v) is 3.72. The lowest BCUT2D eigenvalue weighted by Crippen LogP contribution is -2.28. The number of rotatable bonds is 6. The molecule has 0 heterocycles. The summed E-state index contributed by atoms with van der Waals surface area (Å²) in [6.07, 6.45) is 6.21. The van der Waals surface area contributed by atoms with Crippen LogP contribution in [0, 0.1) is 0 Å². The largest absolute Gasteiger partial charge is 0.325 e. The zero-order valence-electron chi connectivity index (χ0n) is 7.53. The van der Waals surface area contributed by atoms with Gasteiger partial charge in [0.15, 0.2) is 0 Å². The molecule has 0 aromatic carbocycles. The summed E-state index contributed by atoms with van der Waals surface area (Å²) in [6.45, 7) is 4.48. The van der Waals surface area contributed by atoms with Crippen LogP contribution in [0.4, 0.5) is 0 Å². The van der Waals surface area contributed by atoms with Crippen LogP contribution in [0.25, 0.3) is 0 Å². The molecule has 0 bridgehead atoms. The molecule has 0 aromatic heterocycles. The molecule has 1 aliphatic carbocycles. The molecule has 1 aliphatic rings. The van der Waals surface area contributed by atoms with Crippen LogP contribution in [0.3, 0.4) is 0 Å². The smallest absolute Gasteiger partial charge is 0.0167 e. The predicted molar refractivity (Wildman–Crippen MR) is 48.5 cm³/mol. The Morgan fingerprint density at radius 2 is 2.09 bits per heavy atom. The van der Waals surface area contributed by atoms with E-state index in [0.29, 0.717) is 0 Å². The molecule has 1 saturated carbocycles. The SMILES string of the molecule is CCCCNCCC1(N)CC1. The van der Waals surface area contributed by atoms with Gasteiger partial charge >= 0.3 is 0 Å². The number of hydrogen-bond acceptors (Lipinski definition) is 2. The van der Waals surface area contributed by atoms with E-state index in [0.717, 1.165) is 19.5 Å². The summed E-state index contributed by atoms with van der Waals surface area (Å²) in [4.78, 5) is 0. The van der Waals surface area contributed by atoms with Crippen LogP contribution >= 0.6 is 0 Å². The molecule has 0 aromatic rings. The number of unbranched alkanes of at least 4 members (excludes halogenated alkanes) is 1. The lowest BCUT2D eigenvalue weighted by molar-refractivity contribution is 0.544. The number of hydrogen-bond donors (Lipinski definition) is 2. The third-order valence-electron chi connectivity index (χ3n) is 2.40. The van der Waals surface area contributed by atoms with E-state index in [-0.39, 0.29) is 5.54 Å². The molecule has 2 heteroatoms. The van der Waals surface area contributed by atoms with Crippen molar-refractivity contribution in [2.45, 2.75) is 44.6 Å². The number of nitrogens with two attached hydrogens (primary N) is 1. The van der Waals surface area contributed by atoms with Crippen molar-refractivity contribution >= 4 is 0 Å². The van der Waals surface area contributed by atoms with E-state index in [2.05, 4.69) is 12.2 Å². The third-order valence-corrected chi connectivity index (χ3v) is 2.40. The van der Waals surface area contributed by atoms with E-state index in [1.165, 1.54) is 25.7 Å². The molecule has 0 radical (unpaired) electrons. The van der Waals surface area contributed by atoms with Crippen LogP contribution in [0.5, 0.6) is 0 Å². The Bertz CT molecular complexity index is 108. The number of nitrogens with one attached hydrogen (secondary N) is 1. The quantitative estimate of drug-likeness (QED) is 0.568. The lowest BCUT2D eigenvalue weighted by atomic mass is 10.2. The highest BCUT2D eigenvalue weighted by Gasteiger charge is 2.36. The Labute approximate surface area is 69.5 Å². The Balaban J connectivity index is 1.81. The van der Waals surface area contributed by atoms with Crippen LogP contribution in [0.1, 0.15) is 39.0 Å². The highest BCUT2D eigenvalue weighted by atomic mass is 14.9. The molecule has 0 amide bonds. The minimum absolute atomic E-state index is 0.235. The van der Waals surface area contributed by atoms with Gasteiger partial charge in [-0.3, -0.25) is 0 Å². The van der Waals surface area contributed by atoms with E-state index < -0.39 is 0 Å². The second kappa shape index (κ2) is 4.07. The topological polar surface area (TPSA) is 38.0 Å². The van der Waals surface area contributed by atoms with Gasteiger partial charge < -0.3 is 11.1 Å². The van der Waals surface area contributed by atoms with Gasteiger partial charge in [0.25, 0.3) is 0 Å². The average molecular weight is 156 g/mol. The molecule has 0 saturated heterocycles. The zero-order chi connectivity index (χ0) is 8.16. The summed E-state index contributed by atoms with van der Waals surface area (Å²) in [5, 5.41) is 3.40. The normalized spacial score (nSPS) is 20.2. The molecule has 1 fully saturated rings. The van der Waals surface area contributed by atoms with Crippen LogP contribution in [0.2, 0.25) is 0 Å². The molecular weight excluding hydrogens is 136 g/mol. The molecular formula is C9H20N2. The monoisotopic (exact) mass is 156 g/mol. The molecule has 11 heavy (non-hydrogen) atoms. The summed E-state index contributed by atoms with van der Waals surface area (Å²) in [5.41, 5.74) is 6.16. The van der Waals surface area contributed by atoms with Gasteiger partial charge in [-0.05, 0) is 38.8 Å². The average Bonchev–Trinajstić information content (AvgIpc) is 2.69. The molecule has 0 unspecified atom stereocenters. The van der Waals surface area contributed by atoms with Crippen molar-refractivity contribution in [3.8, 4) is 0 Å². The molecule has 1 rings (SSSR count). The van der Waals surface area contributed by atoms with Crippen molar-refractivity contribution in [2.75, 3.05) is 13.1 Å². The van der Waals surface area contributed by atoms with Gasteiger partial charge in [0.05, 0.1) is 0 Å². The van der Waals surface area contributed by atoms with Gasteiger partial charge in [-0.25, -0.2) is 0 Å². The highest BCUT2D eigenvalue weighted by molar-refractivity contribution is 4.98. The molecule has 0 atom stereocenters. The van der Waals surface area contributed by atoms with E-state index in [1.54, 1.807) is 0 Å². The molecule has 0 spiro atoms. The van der Waals surface area contributed by atoms with Gasteiger partial charge in [0, 0.05) is 5.54 Å². The first-order valence-corrected chi connectivity index (χ1v) is 4.76. The summed E-state index contributed by atoms with van der Waals surface area (Å²) < 4.78 is 0. The van der Waals surface area contributed by atoms with E-state index in [1.807, 2.05) is 0 Å². The Morgan fingerprint density at radius 3 is 2.64 bits per heavy atom. The standard InChI is InChI=1S/C9H20N2/c1-2-3-7-11-8-6-9(10)4-5-9/h11H,2-8,10H2,1H3. The maximum atomic E-state index is 5.92. The maximum Gasteiger partial charge on any atom is 0.0167 e. The van der Waals surface area contributed by atoms with Gasteiger partial charge in [0.2, 0.25) is 0 Å². The first-order valence-electron chi connectivity index (χ1n) is 4.76. The minimum Gasteiger partial charge on any atom is -0.325 e. The van der Waals surface area contributed by atoms with Crippen molar-refractivity contribution in [1.29, 1.82) is 0 Å². The van der Waals surface area contributed by atoms with Gasteiger partial charge in [-0.15, -0.1) is 0 Å². The fourth-order valence-corrected chi connectivity index (χ4v) is 1.17. The summed E-state index contributed by atoms with van der Waals surface area (Å²) in [7, 11) is 0. The fraction of sp³-hybridized carbons (Fsp3) is 1.00. The molecule has 3 N–H and O–H groups in total. The van der Waals surface area contributed by atoms with Gasteiger partial charge in [0.1, 0.15) is 0 Å². The second-order valence-electron chi connectivity index (χ2n) is 3.72. The van der Waals surface area contributed by atoms with E-state index in [4.69, 9.17) is 5.73 Å². The predicted octanol–water partition coefficient (Wildman–Crippen LogP) is 1.26. The zero-order valence-corrected chi connectivity index (χ0v) is 7.53. The van der Waals surface area contributed by atoms with Gasteiger partial charge in [-0.1, -0.05) is 13.3 Å². The summed E-state index contributed by atoms with van der Waals surface area (Å²) in [5.74, 6) is 0. The summed E-state index contributed by atoms with van der Waals surface area (Å²) in [6, 6.07) is 0. The van der Waals surface area contributed by atoms with Crippen LogP contribution in [-0.4, -0.2) is 18.6 Å². The van der Waals surface area contributed by atoms with Crippen LogP contribution < -0.4 is 11.1 Å². The first kappa shape index (κ1) is 9.01. The minimum atomic E-state index is 0.235. The highest BCUT2D eigenvalue weighted by Crippen LogP contribution is 2.34. The lowest BCUT2D eigenvalue weighted by Gasteiger charge is -2.08. The van der Waals surface area contributed by atoms with E-state index >= 15 is 0 Å².